The summed E-state index contributed by atoms with van der Waals surface area (Å²) in [7, 11) is -3.78. The van der Waals surface area contributed by atoms with Gasteiger partial charge in [-0.05, 0) is 34.6 Å². The van der Waals surface area contributed by atoms with Crippen molar-refractivity contribution in [3.8, 4) is 6.07 Å². The maximum atomic E-state index is 11.8. The van der Waals surface area contributed by atoms with Crippen LogP contribution in [0, 0.1) is 11.3 Å². The zero-order valence-corrected chi connectivity index (χ0v) is 12.6. The summed E-state index contributed by atoms with van der Waals surface area (Å²) in [6.07, 6.45) is 0.191. The standard InChI is InChI=1S/C14H20N2O2S/c1-9(2)12-7-11(5-6-15)14(10(3)4)13(8-12)19(16,17)18/h7-10H,5H2,1-4H3,(H2,16,17,18). The lowest BCUT2D eigenvalue weighted by Gasteiger charge is -2.18. The molecule has 0 aliphatic carbocycles. The van der Waals surface area contributed by atoms with Gasteiger partial charge in [0.25, 0.3) is 0 Å². The third kappa shape index (κ3) is 3.55. The minimum absolute atomic E-state index is 0.00196. The summed E-state index contributed by atoms with van der Waals surface area (Å²) in [5.74, 6) is 0.178. The van der Waals surface area contributed by atoms with Gasteiger partial charge in [0.05, 0.1) is 17.4 Å². The summed E-state index contributed by atoms with van der Waals surface area (Å²) in [6.45, 7) is 7.76. The average Bonchev–Trinajstić information content (AvgIpc) is 2.26. The van der Waals surface area contributed by atoms with Crippen LogP contribution in [0.1, 0.15) is 56.2 Å². The summed E-state index contributed by atoms with van der Waals surface area (Å²) in [6, 6.07) is 5.64. The van der Waals surface area contributed by atoms with E-state index >= 15 is 0 Å². The second-order valence-corrected chi connectivity index (χ2v) is 6.81. The van der Waals surface area contributed by atoms with Crippen LogP contribution < -0.4 is 5.14 Å². The fourth-order valence-electron chi connectivity index (χ4n) is 2.16. The first-order valence-corrected chi connectivity index (χ1v) is 7.79. The van der Waals surface area contributed by atoms with Gasteiger partial charge in [0.2, 0.25) is 10.0 Å². The van der Waals surface area contributed by atoms with Crippen LogP contribution in [0.25, 0.3) is 0 Å². The molecule has 0 saturated heterocycles. The quantitative estimate of drug-likeness (QED) is 0.920. The molecule has 19 heavy (non-hydrogen) atoms. The molecule has 2 N–H and O–H groups in total. The van der Waals surface area contributed by atoms with E-state index in [-0.39, 0.29) is 23.2 Å². The van der Waals surface area contributed by atoms with Crippen LogP contribution in [0.15, 0.2) is 17.0 Å². The highest BCUT2D eigenvalue weighted by Crippen LogP contribution is 2.31. The number of sulfonamides is 1. The van der Waals surface area contributed by atoms with E-state index in [0.29, 0.717) is 5.56 Å². The summed E-state index contributed by atoms with van der Waals surface area (Å²) in [5, 5.41) is 14.2. The monoisotopic (exact) mass is 280 g/mol. The second kappa shape index (κ2) is 5.72. The molecule has 0 atom stereocenters. The van der Waals surface area contributed by atoms with Crippen molar-refractivity contribution < 1.29 is 8.42 Å². The Hall–Kier alpha value is -1.38. The van der Waals surface area contributed by atoms with Gasteiger partial charge < -0.3 is 0 Å². The molecule has 0 aliphatic heterocycles. The first-order chi connectivity index (χ1) is 8.68. The molecule has 0 heterocycles. The maximum absolute atomic E-state index is 11.8. The van der Waals surface area contributed by atoms with Gasteiger partial charge in [-0.2, -0.15) is 5.26 Å². The number of nitrogens with zero attached hydrogens (tertiary/aromatic N) is 1. The Morgan fingerprint density at radius 1 is 1.21 bits per heavy atom. The van der Waals surface area contributed by atoms with Gasteiger partial charge in [0, 0.05) is 0 Å². The van der Waals surface area contributed by atoms with E-state index in [1.165, 1.54) is 0 Å². The number of hydrogen-bond acceptors (Lipinski definition) is 3. The van der Waals surface area contributed by atoms with Gasteiger partial charge in [-0.3, -0.25) is 0 Å². The Bertz CT molecular complexity index is 611. The summed E-state index contributed by atoms with van der Waals surface area (Å²) in [4.78, 5) is 0.152. The highest BCUT2D eigenvalue weighted by molar-refractivity contribution is 7.89. The predicted octanol–water partition coefficient (Wildman–Crippen LogP) is 2.65. The Morgan fingerprint density at radius 3 is 2.16 bits per heavy atom. The highest BCUT2D eigenvalue weighted by atomic mass is 32.2. The van der Waals surface area contributed by atoms with E-state index in [4.69, 9.17) is 10.4 Å². The Labute approximate surface area is 115 Å². The lowest BCUT2D eigenvalue weighted by Crippen LogP contribution is -2.17. The zero-order chi connectivity index (χ0) is 14.8. The van der Waals surface area contributed by atoms with Crippen LogP contribution in [0.3, 0.4) is 0 Å². The topological polar surface area (TPSA) is 83.9 Å². The SMILES string of the molecule is CC(C)c1cc(CC#N)c(C(C)C)c(S(N)(=O)=O)c1. The Kier molecular flexibility index (Phi) is 4.72. The van der Waals surface area contributed by atoms with Crippen molar-refractivity contribution in [3.63, 3.8) is 0 Å². The van der Waals surface area contributed by atoms with Crippen molar-refractivity contribution in [1.29, 1.82) is 5.26 Å². The maximum Gasteiger partial charge on any atom is 0.238 e. The van der Waals surface area contributed by atoms with E-state index in [1.54, 1.807) is 6.07 Å². The molecular formula is C14H20N2O2S. The molecule has 1 aromatic rings. The van der Waals surface area contributed by atoms with Crippen molar-refractivity contribution >= 4 is 10.0 Å². The van der Waals surface area contributed by atoms with Gasteiger partial charge in [-0.25, -0.2) is 13.6 Å². The predicted molar refractivity (Wildman–Crippen MR) is 75.3 cm³/mol. The largest absolute Gasteiger partial charge is 0.238 e. The van der Waals surface area contributed by atoms with E-state index in [1.807, 2.05) is 33.8 Å². The van der Waals surface area contributed by atoms with Gasteiger partial charge in [-0.1, -0.05) is 33.8 Å². The van der Waals surface area contributed by atoms with Crippen LogP contribution in [-0.4, -0.2) is 8.42 Å². The van der Waals surface area contributed by atoms with Crippen molar-refractivity contribution in [2.24, 2.45) is 5.14 Å². The smallest absolute Gasteiger partial charge is 0.225 e. The molecule has 0 spiro atoms. The zero-order valence-electron chi connectivity index (χ0n) is 11.8. The Balaban J connectivity index is 3.72. The first kappa shape index (κ1) is 15.7. The van der Waals surface area contributed by atoms with Crippen LogP contribution >= 0.6 is 0 Å². The van der Waals surface area contributed by atoms with E-state index in [2.05, 4.69) is 6.07 Å². The number of rotatable bonds is 4. The molecule has 0 aromatic heterocycles. The van der Waals surface area contributed by atoms with E-state index < -0.39 is 10.0 Å². The number of benzene rings is 1. The minimum Gasteiger partial charge on any atom is -0.225 e. The fourth-order valence-corrected chi connectivity index (χ4v) is 3.14. The number of primary sulfonamides is 1. The lowest BCUT2D eigenvalue weighted by atomic mass is 9.91. The molecule has 0 amide bonds. The van der Waals surface area contributed by atoms with E-state index in [9.17, 15) is 8.42 Å². The highest BCUT2D eigenvalue weighted by Gasteiger charge is 2.21. The van der Waals surface area contributed by atoms with Gasteiger partial charge >= 0.3 is 0 Å². The summed E-state index contributed by atoms with van der Waals surface area (Å²) >= 11 is 0. The fraction of sp³-hybridized carbons (Fsp3) is 0.500. The molecule has 104 valence electrons. The van der Waals surface area contributed by atoms with Crippen molar-refractivity contribution in [3.05, 3.63) is 28.8 Å². The number of nitriles is 1. The van der Waals surface area contributed by atoms with Crippen LogP contribution in [0.5, 0.6) is 0 Å². The van der Waals surface area contributed by atoms with Crippen molar-refractivity contribution in [2.75, 3.05) is 0 Å². The second-order valence-electron chi connectivity index (χ2n) is 5.28. The third-order valence-corrected chi connectivity index (χ3v) is 4.02. The van der Waals surface area contributed by atoms with Crippen molar-refractivity contribution in [1.82, 2.24) is 0 Å². The molecule has 0 aliphatic rings. The van der Waals surface area contributed by atoms with Gasteiger partial charge in [0.1, 0.15) is 0 Å². The van der Waals surface area contributed by atoms with E-state index in [0.717, 1.165) is 11.1 Å². The summed E-state index contributed by atoms with van der Waals surface area (Å²) in [5.41, 5.74) is 2.31. The minimum atomic E-state index is -3.78. The molecule has 0 fully saturated rings. The summed E-state index contributed by atoms with van der Waals surface area (Å²) < 4.78 is 23.6. The Morgan fingerprint density at radius 2 is 1.79 bits per heavy atom. The van der Waals surface area contributed by atoms with Crippen molar-refractivity contribution in [2.45, 2.75) is 50.8 Å². The molecule has 4 nitrogen and oxygen atoms in total. The molecule has 0 bridgehead atoms. The molecule has 5 heteroatoms. The van der Waals surface area contributed by atoms with Crippen LogP contribution in [-0.2, 0) is 16.4 Å². The normalized spacial score (nSPS) is 11.9. The molecule has 0 saturated carbocycles. The van der Waals surface area contributed by atoms with Crippen LogP contribution in [0.4, 0.5) is 0 Å². The first-order valence-electron chi connectivity index (χ1n) is 6.25. The molecule has 1 rings (SSSR count). The van der Waals surface area contributed by atoms with Gasteiger partial charge in [-0.15, -0.1) is 0 Å². The molecule has 0 radical (unpaired) electrons. The van der Waals surface area contributed by atoms with Gasteiger partial charge in [0.15, 0.2) is 0 Å². The lowest BCUT2D eigenvalue weighted by molar-refractivity contribution is 0.594. The third-order valence-electron chi connectivity index (χ3n) is 3.07. The molecule has 1 aromatic carbocycles. The number of hydrogen-bond donors (Lipinski definition) is 1. The molecule has 0 unspecified atom stereocenters. The molecular weight excluding hydrogens is 260 g/mol. The average molecular weight is 280 g/mol. The number of nitrogens with two attached hydrogens (primary N) is 1. The van der Waals surface area contributed by atoms with Crippen LogP contribution in [0.2, 0.25) is 0 Å².